The second-order valence-electron chi connectivity index (χ2n) is 13.9. The minimum Gasteiger partial charge on any atom is -0.410 e. The molecule has 0 radical (unpaired) electrons. The zero-order chi connectivity index (χ0) is 29.5. The van der Waals surface area contributed by atoms with Crippen LogP contribution in [0.25, 0.3) is 0 Å². The van der Waals surface area contributed by atoms with Crippen LogP contribution in [0.2, 0.25) is 23.3 Å². The van der Waals surface area contributed by atoms with E-state index in [0.29, 0.717) is 38.0 Å². The van der Waals surface area contributed by atoms with E-state index in [4.69, 9.17) is 30.5 Å². The maximum Gasteiger partial charge on any atom is 0.416 e. The number of aromatic nitrogens is 1. The first kappa shape index (κ1) is 30.0. The van der Waals surface area contributed by atoms with Crippen LogP contribution in [0.5, 0.6) is 0 Å². The van der Waals surface area contributed by atoms with E-state index in [1.54, 1.807) is 0 Å². The van der Waals surface area contributed by atoms with Crippen LogP contribution >= 0.6 is 11.6 Å². The molecule has 5 nitrogen and oxygen atoms in total. The molecular weight excluding hydrogens is 559 g/mol. The Morgan fingerprint density at radius 1 is 1.05 bits per heavy atom. The first-order valence-corrected chi connectivity index (χ1v) is 17.2. The summed E-state index contributed by atoms with van der Waals surface area (Å²) in [6, 6.07) is 4.43. The molecule has 1 spiro atoms. The van der Waals surface area contributed by atoms with Gasteiger partial charge in [0.1, 0.15) is 10.8 Å². The van der Waals surface area contributed by atoms with E-state index < -0.39 is 31.4 Å². The molecule has 2 aliphatic heterocycles. The summed E-state index contributed by atoms with van der Waals surface area (Å²) in [6.45, 7) is 16.3. The van der Waals surface area contributed by atoms with Crippen molar-refractivity contribution in [3.63, 3.8) is 0 Å². The number of hydrogen-bond donors (Lipinski definition) is 1. The van der Waals surface area contributed by atoms with Gasteiger partial charge < -0.3 is 19.0 Å². The summed E-state index contributed by atoms with van der Waals surface area (Å²) < 4.78 is 59.5. The fourth-order valence-corrected chi connectivity index (χ4v) is 7.76. The summed E-state index contributed by atoms with van der Waals surface area (Å²) in [5, 5.41) is 12.3. The Labute approximate surface area is 240 Å². The molecule has 220 valence electrons. The molecule has 40 heavy (non-hydrogen) atoms. The summed E-state index contributed by atoms with van der Waals surface area (Å²) >= 11 is 6.90. The van der Waals surface area contributed by atoms with Gasteiger partial charge in [0.05, 0.1) is 17.2 Å². The Hall–Kier alpha value is -1.49. The molecule has 1 aromatic heterocycles. The summed E-state index contributed by atoms with van der Waals surface area (Å²) in [5.41, 5.74) is 1.13. The SMILES string of the molecule is CC1(C)Cc2nc(Cl)c3c(c2C(O[Si](C)(C)C(C)(C)C)C1)C1(CCOCC1)OC3(O)c1ccc(C(F)(F)F)cc1. The van der Waals surface area contributed by atoms with Crippen molar-refractivity contribution in [1.29, 1.82) is 0 Å². The van der Waals surface area contributed by atoms with Crippen LogP contribution in [0.1, 0.15) is 93.5 Å². The summed E-state index contributed by atoms with van der Waals surface area (Å²) in [7, 11) is -2.25. The molecule has 1 N–H and O–H groups in total. The van der Waals surface area contributed by atoms with E-state index in [1.165, 1.54) is 12.1 Å². The summed E-state index contributed by atoms with van der Waals surface area (Å²) in [4.78, 5) is 4.83. The third-order valence-corrected chi connectivity index (χ3v) is 14.0. The molecule has 0 bridgehead atoms. The number of pyridine rings is 1. The molecule has 3 aliphatic rings. The highest BCUT2D eigenvalue weighted by atomic mass is 35.5. The van der Waals surface area contributed by atoms with Crippen molar-refractivity contribution < 1.29 is 32.2 Å². The van der Waals surface area contributed by atoms with Gasteiger partial charge in [0, 0.05) is 48.4 Å². The third-order valence-electron chi connectivity index (χ3n) is 9.26. The Morgan fingerprint density at radius 3 is 2.20 bits per heavy atom. The van der Waals surface area contributed by atoms with Gasteiger partial charge in [-0.15, -0.1) is 0 Å². The van der Waals surface area contributed by atoms with Crippen molar-refractivity contribution in [2.24, 2.45) is 5.41 Å². The zero-order valence-corrected chi connectivity index (χ0v) is 26.0. The third kappa shape index (κ3) is 4.94. The topological polar surface area (TPSA) is 60.8 Å². The summed E-state index contributed by atoms with van der Waals surface area (Å²) in [5.74, 6) is -2.08. The number of rotatable bonds is 3. The average Bonchev–Trinajstić information content (AvgIpc) is 3.06. The number of benzene rings is 1. The van der Waals surface area contributed by atoms with Crippen molar-refractivity contribution in [2.75, 3.05) is 13.2 Å². The highest BCUT2D eigenvalue weighted by molar-refractivity contribution is 6.74. The van der Waals surface area contributed by atoms with Gasteiger partial charge in [0.2, 0.25) is 5.79 Å². The maximum atomic E-state index is 13.3. The van der Waals surface area contributed by atoms with Crippen molar-refractivity contribution in [3.8, 4) is 0 Å². The zero-order valence-electron chi connectivity index (χ0n) is 24.3. The molecule has 3 heterocycles. The van der Waals surface area contributed by atoms with E-state index in [1.807, 2.05) is 0 Å². The van der Waals surface area contributed by atoms with E-state index in [9.17, 15) is 18.3 Å². The van der Waals surface area contributed by atoms with Crippen LogP contribution in [0.3, 0.4) is 0 Å². The Balaban J connectivity index is 1.75. The molecule has 0 amide bonds. The van der Waals surface area contributed by atoms with Gasteiger partial charge in [-0.25, -0.2) is 4.98 Å². The Kier molecular flexibility index (Phi) is 7.13. The van der Waals surface area contributed by atoms with E-state index in [-0.39, 0.29) is 27.3 Å². The van der Waals surface area contributed by atoms with Gasteiger partial charge >= 0.3 is 6.18 Å². The van der Waals surface area contributed by atoms with Crippen LogP contribution in [0.4, 0.5) is 13.2 Å². The van der Waals surface area contributed by atoms with Gasteiger partial charge in [-0.2, -0.15) is 13.2 Å². The van der Waals surface area contributed by atoms with Crippen LogP contribution in [-0.4, -0.2) is 31.6 Å². The molecular formula is C30H39ClF3NO4Si. The van der Waals surface area contributed by atoms with Gasteiger partial charge in [-0.3, -0.25) is 0 Å². The van der Waals surface area contributed by atoms with Gasteiger partial charge in [0.25, 0.3) is 0 Å². The first-order chi connectivity index (χ1) is 18.3. The highest BCUT2D eigenvalue weighted by Crippen LogP contribution is 2.60. The normalized spacial score (nSPS) is 26.1. The number of fused-ring (bicyclic) bond motifs is 4. The van der Waals surface area contributed by atoms with E-state index >= 15 is 0 Å². The molecule has 1 fully saturated rings. The molecule has 10 heteroatoms. The molecule has 5 rings (SSSR count). The number of alkyl halides is 3. The Morgan fingerprint density at radius 2 is 1.65 bits per heavy atom. The minimum absolute atomic E-state index is 0.0361. The lowest BCUT2D eigenvalue weighted by Gasteiger charge is -2.46. The summed E-state index contributed by atoms with van der Waals surface area (Å²) in [6.07, 6.45) is -2.43. The minimum atomic E-state index is -4.50. The number of aliphatic hydroxyl groups is 1. The van der Waals surface area contributed by atoms with Crippen LogP contribution < -0.4 is 0 Å². The Bertz CT molecular complexity index is 1300. The predicted octanol–water partition coefficient (Wildman–Crippen LogP) is 8.02. The lowest BCUT2D eigenvalue weighted by molar-refractivity contribution is -0.251. The number of hydrogen-bond acceptors (Lipinski definition) is 5. The number of ether oxygens (including phenoxy) is 2. The molecule has 2 atom stereocenters. The quantitative estimate of drug-likeness (QED) is 0.287. The molecule has 1 aliphatic carbocycles. The standard InChI is InChI=1S/C30H39ClF3NO4Si/c1-26(2,3)40(6,7)38-21-17-27(4,5)16-20-22(21)23-24(25(31)35-20)29(36,39-28(23)12-14-37-15-13-28)18-8-10-19(11-9-18)30(32,33)34/h8-11,21,36H,12-17H2,1-7H3. The van der Waals surface area contributed by atoms with E-state index in [2.05, 4.69) is 47.7 Å². The molecule has 2 unspecified atom stereocenters. The van der Waals surface area contributed by atoms with Crippen molar-refractivity contribution in [2.45, 2.75) is 102 Å². The van der Waals surface area contributed by atoms with Gasteiger partial charge in [-0.05, 0) is 48.5 Å². The van der Waals surface area contributed by atoms with Crippen LogP contribution in [-0.2, 0) is 37.9 Å². The molecule has 2 aromatic rings. The number of halogens is 4. The monoisotopic (exact) mass is 597 g/mol. The smallest absolute Gasteiger partial charge is 0.410 e. The first-order valence-electron chi connectivity index (χ1n) is 13.9. The highest BCUT2D eigenvalue weighted by Gasteiger charge is 2.59. The van der Waals surface area contributed by atoms with E-state index in [0.717, 1.165) is 35.4 Å². The average molecular weight is 598 g/mol. The van der Waals surface area contributed by atoms with Crippen LogP contribution in [0, 0.1) is 5.41 Å². The van der Waals surface area contributed by atoms with Crippen molar-refractivity contribution in [1.82, 2.24) is 4.98 Å². The second-order valence-corrected chi connectivity index (χ2v) is 19.0. The molecule has 0 saturated carbocycles. The molecule has 1 saturated heterocycles. The fraction of sp³-hybridized carbons (Fsp3) is 0.633. The lowest BCUT2D eigenvalue weighted by Crippen LogP contribution is -2.44. The van der Waals surface area contributed by atoms with Crippen molar-refractivity contribution in [3.05, 3.63) is 62.9 Å². The maximum absolute atomic E-state index is 13.3. The van der Waals surface area contributed by atoms with Crippen LogP contribution in [0.15, 0.2) is 24.3 Å². The predicted molar refractivity (Wildman–Crippen MR) is 150 cm³/mol. The largest absolute Gasteiger partial charge is 0.416 e. The second kappa shape index (κ2) is 9.51. The van der Waals surface area contributed by atoms with Crippen molar-refractivity contribution >= 4 is 19.9 Å². The molecule has 1 aromatic carbocycles. The number of nitrogens with zero attached hydrogens (tertiary/aromatic N) is 1. The fourth-order valence-electron chi connectivity index (χ4n) is 6.17. The van der Waals surface area contributed by atoms with Gasteiger partial charge in [-0.1, -0.05) is 58.4 Å². The van der Waals surface area contributed by atoms with Gasteiger partial charge in [0.15, 0.2) is 8.32 Å². The lowest BCUT2D eigenvalue weighted by atomic mass is 9.70.